The van der Waals surface area contributed by atoms with Gasteiger partial charge >= 0.3 is 11.9 Å². The standard InChI is InChI=1S/C22H14O5/c23-20-16-8-4-3-5-13(16)9-10-17(20)22(26)27-19-12-15-7-2-1-6-14(15)11-18(19)21(24)25/h1-12,23H,(H,24,25). The number of aromatic hydroxyl groups is 1. The van der Waals surface area contributed by atoms with Crippen LogP contribution in [0.2, 0.25) is 0 Å². The van der Waals surface area contributed by atoms with E-state index in [1.807, 2.05) is 18.2 Å². The molecule has 0 aromatic heterocycles. The molecule has 132 valence electrons. The van der Waals surface area contributed by atoms with Gasteiger partial charge in [0.1, 0.15) is 22.6 Å². The Balaban J connectivity index is 1.78. The monoisotopic (exact) mass is 358 g/mol. The van der Waals surface area contributed by atoms with Crippen LogP contribution in [-0.2, 0) is 0 Å². The second-order valence-electron chi connectivity index (χ2n) is 6.07. The molecule has 0 amide bonds. The Morgan fingerprint density at radius 1 is 0.741 bits per heavy atom. The molecule has 0 saturated carbocycles. The first-order valence-corrected chi connectivity index (χ1v) is 8.23. The maximum atomic E-state index is 12.6. The summed E-state index contributed by atoms with van der Waals surface area (Å²) in [7, 11) is 0. The highest BCUT2D eigenvalue weighted by atomic mass is 16.5. The van der Waals surface area contributed by atoms with Crippen LogP contribution >= 0.6 is 0 Å². The van der Waals surface area contributed by atoms with E-state index in [4.69, 9.17) is 4.74 Å². The van der Waals surface area contributed by atoms with Gasteiger partial charge in [-0.15, -0.1) is 0 Å². The lowest BCUT2D eigenvalue weighted by Gasteiger charge is -2.11. The zero-order valence-electron chi connectivity index (χ0n) is 14.0. The molecule has 4 aromatic carbocycles. The van der Waals surface area contributed by atoms with Crippen LogP contribution in [0.1, 0.15) is 20.7 Å². The number of benzene rings is 4. The summed E-state index contributed by atoms with van der Waals surface area (Å²) >= 11 is 0. The predicted molar refractivity (Wildman–Crippen MR) is 101 cm³/mol. The average molecular weight is 358 g/mol. The van der Waals surface area contributed by atoms with Crippen molar-refractivity contribution in [3.8, 4) is 11.5 Å². The number of hydrogen-bond donors (Lipinski definition) is 2. The Morgan fingerprint density at radius 2 is 1.37 bits per heavy atom. The van der Waals surface area contributed by atoms with Crippen molar-refractivity contribution in [2.24, 2.45) is 0 Å². The molecular formula is C22H14O5. The fourth-order valence-electron chi connectivity index (χ4n) is 3.05. The van der Waals surface area contributed by atoms with Gasteiger partial charge in [-0.3, -0.25) is 0 Å². The van der Waals surface area contributed by atoms with E-state index in [0.29, 0.717) is 5.39 Å². The molecule has 0 unspecified atom stereocenters. The van der Waals surface area contributed by atoms with E-state index >= 15 is 0 Å². The normalized spacial score (nSPS) is 10.8. The lowest BCUT2D eigenvalue weighted by Crippen LogP contribution is -2.12. The number of rotatable bonds is 3. The fraction of sp³-hybridized carbons (Fsp3) is 0. The topological polar surface area (TPSA) is 83.8 Å². The van der Waals surface area contributed by atoms with E-state index < -0.39 is 11.9 Å². The molecule has 5 nitrogen and oxygen atoms in total. The van der Waals surface area contributed by atoms with Crippen LogP contribution in [0, 0.1) is 0 Å². The minimum atomic E-state index is -1.20. The second kappa shape index (κ2) is 6.46. The smallest absolute Gasteiger partial charge is 0.347 e. The van der Waals surface area contributed by atoms with E-state index in [9.17, 15) is 19.8 Å². The van der Waals surface area contributed by atoms with Crippen molar-refractivity contribution >= 4 is 33.5 Å². The number of phenols is 1. The number of carboxylic acids is 1. The quantitative estimate of drug-likeness (QED) is 0.412. The van der Waals surface area contributed by atoms with Crippen LogP contribution in [-0.4, -0.2) is 22.2 Å². The van der Waals surface area contributed by atoms with E-state index in [1.54, 1.807) is 36.4 Å². The Bertz CT molecular complexity index is 1210. The minimum absolute atomic E-state index is 0.0294. The maximum absolute atomic E-state index is 12.6. The van der Waals surface area contributed by atoms with Crippen molar-refractivity contribution in [1.82, 2.24) is 0 Å². The van der Waals surface area contributed by atoms with E-state index in [1.165, 1.54) is 18.2 Å². The molecule has 0 aliphatic carbocycles. The van der Waals surface area contributed by atoms with Gasteiger partial charge in [-0.25, -0.2) is 9.59 Å². The maximum Gasteiger partial charge on any atom is 0.347 e. The highest BCUT2D eigenvalue weighted by Crippen LogP contribution is 2.31. The molecule has 0 fully saturated rings. The number of carbonyl (C=O) groups is 2. The number of carbonyl (C=O) groups excluding carboxylic acids is 1. The van der Waals surface area contributed by atoms with Crippen molar-refractivity contribution in [3.63, 3.8) is 0 Å². The van der Waals surface area contributed by atoms with Crippen molar-refractivity contribution in [2.45, 2.75) is 0 Å². The van der Waals surface area contributed by atoms with Crippen molar-refractivity contribution in [1.29, 1.82) is 0 Å². The molecule has 0 atom stereocenters. The summed E-state index contributed by atoms with van der Waals surface area (Å²) in [5.74, 6) is -2.29. The first-order valence-electron chi connectivity index (χ1n) is 8.23. The average Bonchev–Trinajstić information content (AvgIpc) is 2.67. The number of aromatic carboxylic acids is 1. The first kappa shape index (κ1) is 16.6. The van der Waals surface area contributed by atoms with Gasteiger partial charge in [0.2, 0.25) is 0 Å². The van der Waals surface area contributed by atoms with E-state index in [-0.39, 0.29) is 22.6 Å². The highest BCUT2D eigenvalue weighted by molar-refractivity contribution is 6.04. The first-order chi connectivity index (χ1) is 13.0. The molecule has 0 saturated heterocycles. The number of hydrogen-bond acceptors (Lipinski definition) is 4. The largest absolute Gasteiger partial charge is 0.506 e. The number of fused-ring (bicyclic) bond motifs is 2. The molecule has 2 N–H and O–H groups in total. The van der Waals surface area contributed by atoms with E-state index in [0.717, 1.165) is 16.2 Å². The van der Waals surface area contributed by atoms with Crippen LogP contribution in [0.5, 0.6) is 11.5 Å². The molecule has 5 heteroatoms. The third-order valence-electron chi connectivity index (χ3n) is 4.40. The Labute approximate surface area is 154 Å². The van der Waals surface area contributed by atoms with Crippen molar-refractivity contribution in [2.75, 3.05) is 0 Å². The Hall–Kier alpha value is -3.86. The number of carboxylic acid groups (broad SMARTS) is 1. The molecular weight excluding hydrogens is 344 g/mol. The van der Waals surface area contributed by atoms with Crippen LogP contribution in [0.25, 0.3) is 21.5 Å². The molecule has 0 aliphatic heterocycles. The lowest BCUT2D eigenvalue weighted by atomic mass is 10.0. The summed E-state index contributed by atoms with van der Waals surface area (Å²) in [5, 5.41) is 22.7. The van der Waals surface area contributed by atoms with Crippen LogP contribution < -0.4 is 4.74 Å². The van der Waals surface area contributed by atoms with Crippen LogP contribution in [0.15, 0.2) is 72.8 Å². The lowest BCUT2D eigenvalue weighted by molar-refractivity contribution is 0.0681. The summed E-state index contributed by atoms with van der Waals surface area (Å²) in [6, 6.07) is 20.4. The highest BCUT2D eigenvalue weighted by Gasteiger charge is 2.20. The molecule has 0 aliphatic rings. The number of phenolic OH excluding ortho intramolecular Hbond substituents is 1. The third kappa shape index (κ3) is 2.95. The van der Waals surface area contributed by atoms with Gasteiger partial charge < -0.3 is 14.9 Å². The summed E-state index contributed by atoms with van der Waals surface area (Å²) in [6.45, 7) is 0. The third-order valence-corrected chi connectivity index (χ3v) is 4.40. The molecule has 27 heavy (non-hydrogen) atoms. The van der Waals surface area contributed by atoms with Gasteiger partial charge in [-0.1, -0.05) is 54.6 Å². The van der Waals surface area contributed by atoms with Gasteiger partial charge in [-0.05, 0) is 34.4 Å². The fourth-order valence-corrected chi connectivity index (χ4v) is 3.05. The summed E-state index contributed by atoms with van der Waals surface area (Å²) < 4.78 is 5.35. The Kier molecular flexibility index (Phi) is 3.97. The van der Waals surface area contributed by atoms with Crippen molar-refractivity contribution < 1.29 is 24.5 Å². The SMILES string of the molecule is O=C(O)c1cc2ccccc2cc1OC(=O)c1ccc2ccccc2c1O. The Morgan fingerprint density at radius 3 is 2.07 bits per heavy atom. The summed E-state index contributed by atoms with van der Waals surface area (Å²) in [6.07, 6.45) is 0. The number of esters is 1. The summed E-state index contributed by atoms with van der Waals surface area (Å²) in [4.78, 5) is 24.2. The zero-order chi connectivity index (χ0) is 19.0. The van der Waals surface area contributed by atoms with Gasteiger partial charge in [-0.2, -0.15) is 0 Å². The van der Waals surface area contributed by atoms with Crippen LogP contribution in [0.4, 0.5) is 0 Å². The molecule has 0 bridgehead atoms. The van der Waals surface area contributed by atoms with Gasteiger partial charge in [0.15, 0.2) is 0 Å². The van der Waals surface area contributed by atoms with E-state index in [2.05, 4.69) is 0 Å². The zero-order valence-corrected chi connectivity index (χ0v) is 14.0. The molecule has 4 rings (SSSR count). The molecule has 4 aromatic rings. The van der Waals surface area contributed by atoms with Gasteiger partial charge in [0, 0.05) is 5.39 Å². The van der Waals surface area contributed by atoms with Gasteiger partial charge in [0.05, 0.1) is 0 Å². The summed E-state index contributed by atoms with van der Waals surface area (Å²) in [5.41, 5.74) is -0.152. The molecule has 0 spiro atoms. The van der Waals surface area contributed by atoms with Crippen LogP contribution in [0.3, 0.4) is 0 Å². The minimum Gasteiger partial charge on any atom is -0.506 e. The molecule has 0 heterocycles. The van der Waals surface area contributed by atoms with Gasteiger partial charge in [0.25, 0.3) is 0 Å². The number of ether oxygens (including phenoxy) is 1. The van der Waals surface area contributed by atoms with Crippen molar-refractivity contribution in [3.05, 3.63) is 83.9 Å². The molecule has 0 radical (unpaired) electrons. The second-order valence-corrected chi connectivity index (χ2v) is 6.07. The predicted octanol–water partition coefficient (Wildman–Crippen LogP) is 4.62.